The highest BCUT2D eigenvalue weighted by molar-refractivity contribution is 5.85. The van der Waals surface area contributed by atoms with E-state index in [1.807, 2.05) is 54.7 Å². The minimum atomic E-state index is -0.880. The smallest absolute Gasteiger partial charge is 0.338 e. The largest absolute Gasteiger partial charge is 0.497 e. The number of fused-ring (bicyclic) bond motifs is 1. The second-order valence-electron chi connectivity index (χ2n) is 5.97. The summed E-state index contributed by atoms with van der Waals surface area (Å²) in [6.07, 6.45) is 3.67. The molecule has 0 saturated carbocycles. The van der Waals surface area contributed by atoms with Crippen molar-refractivity contribution in [1.29, 1.82) is 5.26 Å². The molecule has 132 valence electrons. The monoisotopic (exact) mass is 349 g/mol. The maximum atomic E-state index is 11.7. The second-order valence-corrected chi connectivity index (χ2v) is 5.97. The number of aromatic nitrogens is 1. The molecule has 0 radical (unpaired) electrons. The average molecular weight is 349 g/mol. The van der Waals surface area contributed by atoms with Gasteiger partial charge in [-0.1, -0.05) is 30.3 Å². The molecule has 0 aliphatic rings. The molecular formula is C20H19N3O3. The summed E-state index contributed by atoms with van der Waals surface area (Å²) in [7, 11) is 1.64. The lowest BCUT2D eigenvalue weighted by molar-refractivity contribution is -0.138. The molecule has 0 unspecified atom stereocenters. The SMILES string of the molecule is COc1ccc(Cn2cc(C[C@H](N)C(=O)OC#N)c3ccccc32)cc1. The van der Waals surface area contributed by atoms with Crippen molar-refractivity contribution in [3.8, 4) is 12.0 Å². The summed E-state index contributed by atoms with van der Waals surface area (Å²) in [6.45, 7) is 0.683. The van der Waals surface area contributed by atoms with Crippen molar-refractivity contribution >= 4 is 16.9 Å². The molecule has 1 heterocycles. The summed E-state index contributed by atoms with van der Waals surface area (Å²) in [5.74, 6) is 0.0910. The Labute approximate surface area is 151 Å². The van der Waals surface area contributed by atoms with Crippen molar-refractivity contribution in [2.75, 3.05) is 7.11 Å². The Bertz CT molecular complexity index is 955. The van der Waals surface area contributed by atoms with Crippen LogP contribution in [0.15, 0.2) is 54.7 Å². The van der Waals surface area contributed by atoms with E-state index in [4.69, 9.17) is 15.7 Å². The fraction of sp³-hybridized carbons (Fsp3) is 0.200. The number of methoxy groups -OCH3 is 1. The first kappa shape index (κ1) is 17.5. The Kier molecular flexibility index (Phi) is 5.20. The molecule has 3 rings (SSSR count). The molecule has 0 spiro atoms. The summed E-state index contributed by atoms with van der Waals surface area (Å²) in [6, 6.07) is 15.0. The van der Waals surface area contributed by atoms with Crippen molar-refractivity contribution in [3.05, 3.63) is 65.9 Å². The van der Waals surface area contributed by atoms with E-state index >= 15 is 0 Å². The van der Waals surface area contributed by atoms with Crippen molar-refractivity contribution < 1.29 is 14.3 Å². The summed E-state index contributed by atoms with van der Waals surface area (Å²) in [5, 5.41) is 9.50. The number of hydrogen-bond acceptors (Lipinski definition) is 5. The molecule has 0 aliphatic carbocycles. The minimum Gasteiger partial charge on any atom is -0.497 e. The van der Waals surface area contributed by atoms with Crippen LogP contribution in [0.25, 0.3) is 10.9 Å². The summed E-state index contributed by atoms with van der Waals surface area (Å²) in [5.41, 5.74) is 9.00. The van der Waals surface area contributed by atoms with Crippen molar-refractivity contribution in [2.24, 2.45) is 5.73 Å². The van der Waals surface area contributed by atoms with Crippen LogP contribution in [-0.2, 0) is 22.5 Å². The number of hydrogen-bond donors (Lipinski definition) is 1. The fourth-order valence-electron chi connectivity index (χ4n) is 2.98. The number of benzene rings is 2. The maximum absolute atomic E-state index is 11.7. The molecule has 6 heteroatoms. The van der Waals surface area contributed by atoms with Crippen LogP contribution in [0.3, 0.4) is 0 Å². The third kappa shape index (κ3) is 3.68. The van der Waals surface area contributed by atoms with Gasteiger partial charge in [-0.15, -0.1) is 5.26 Å². The highest BCUT2D eigenvalue weighted by Gasteiger charge is 2.19. The van der Waals surface area contributed by atoms with E-state index in [1.54, 1.807) is 7.11 Å². The van der Waals surface area contributed by atoms with Gasteiger partial charge in [-0.25, -0.2) is 4.79 Å². The van der Waals surface area contributed by atoms with E-state index < -0.39 is 12.0 Å². The molecule has 0 saturated heterocycles. The molecule has 2 aromatic carbocycles. The van der Waals surface area contributed by atoms with E-state index in [1.165, 1.54) is 6.26 Å². The average Bonchev–Trinajstić information content (AvgIpc) is 3.00. The van der Waals surface area contributed by atoms with E-state index in [0.717, 1.165) is 27.8 Å². The van der Waals surface area contributed by atoms with Crippen molar-refractivity contribution in [2.45, 2.75) is 19.0 Å². The molecule has 0 fully saturated rings. The number of rotatable bonds is 6. The van der Waals surface area contributed by atoms with Gasteiger partial charge in [0.05, 0.1) is 7.11 Å². The number of ether oxygens (including phenoxy) is 2. The Morgan fingerprint density at radius 2 is 1.96 bits per heavy atom. The number of nitrogens with zero attached hydrogens (tertiary/aromatic N) is 2. The molecule has 6 nitrogen and oxygen atoms in total. The Morgan fingerprint density at radius 1 is 1.23 bits per heavy atom. The highest BCUT2D eigenvalue weighted by atomic mass is 16.5. The fourth-order valence-corrected chi connectivity index (χ4v) is 2.98. The van der Waals surface area contributed by atoms with Gasteiger partial charge in [-0.2, -0.15) is 0 Å². The van der Waals surface area contributed by atoms with Crippen LogP contribution in [0.1, 0.15) is 11.1 Å². The van der Waals surface area contributed by atoms with Gasteiger partial charge in [0.15, 0.2) is 0 Å². The normalized spacial score (nSPS) is 11.7. The molecule has 1 aromatic heterocycles. The van der Waals surface area contributed by atoms with Crippen LogP contribution in [0, 0.1) is 11.5 Å². The predicted octanol–water partition coefficient (Wildman–Crippen LogP) is 2.59. The molecule has 0 bridgehead atoms. The Morgan fingerprint density at radius 3 is 2.65 bits per heavy atom. The minimum absolute atomic E-state index is 0.302. The summed E-state index contributed by atoms with van der Waals surface area (Å²) < 4.78 is 11.6. The van der Waals surface area contributed by atoms with Gasteiger partial charge in [0.2, 0.25) is 0 Å². The first-order chi connectivity index (χ1) is 12.6. The zero-order valence-electron chi connectivity index (χ0n) is 14.4. The van der Waals surface area contributed by atoms with Gasteiger partial charge in [0, 0.05) is 30.1 Å². The van der Waals surface area contributed by atoms with Crippen LogP contribution < -0.4 is 10.5 Å². The number of nitriles is 1. The van der Waals surface area contributed by atoms with Crippen LogP contribution in [-0.4, -0.2) is 23.7 Å². The first-order valence-electron chi connectivity index (χ1n) is 8.17. The van der Waals surface area contributed by atoms with Crippen LogP contribution in [0.5, 0.6) is 5.75 Å². The van der Waals surface area contributed by atoms with Gasteiger partial charge in [0.1, 0.15) is 11.8 Å². The van der Waals surface area contributed by atoms with Gasteiger partial charge >= 0.3 is 5.97 Å². The molecule has 0 amide bonds. The summed E-state index contributed by atoms with van der Waals surface area (Å²) >= 11 is 0. The lowest BCUT2D eigenvalue weighted by Crippen LogP contribution is -2.33. The predicted molar refractivity (Wildman–Crippen MR) is 97.4 cm³/mol. The first-order valence-corrected chi connectivity index (χ1v) is 8.17. The summed E-state index contributed by atoms with van der Waals surface area (Å²) in [4.78, 5) is 11.7. The molecule has 26 heavy (non-hydrogen) atoms. The Hall–Kier alpha value is -3.30. The maximum Gasteiger partial charge on any atom is 0.338 e. The van der Waals surface area contributed by atoms with Gasteiger partial charge in [-0.05, 0) is 29.3 Å². The molecular weight excluding hydrogens is 330 g/mol. The quantitative estimate of drug-likeness (QED) is 0.546. The standard InChI is InChI=1S/C20H19N3O3/c1-25-16-8-6-14(7-9-16)11-23-12-15(10-18(22)20(24)26-13-21)17-4-2-3-5-19(17)23/h2-9,12,18H,10-11,22H2,1H3/t18-/m0/s1. The van der Waals surface area contributed by atoms with Crippen molar-refractivity contribution in [3.63, 3.8) is 0 Å². The van der Waals surface area contributed by atoms with Crippen molar-refractivity contribution in [1.82, 2.24) is 4.57 Å². The van der Waals surface area contributed by atoms with E-state index in [2.05, 4.69) is 9.30 Å². The zero-order valence-corrected chi connectivity index (χ0v) is 14.4. The van der Waals surface area contributed by atoms with Crippen LogP contribution in [0.4, 0.5) is 0 Å². The molecule has 1 atom stereocenters. The lowest BCUT2D eigenvalue weighted by Gasteiger charge is -2.07. The number of para-hydroxylation sites is 1. The molecule has 3 aromatic rings. The number of esters is 1. The van der Waals surface area contributed by atoms with E-state index in [0.29, 0.717) is 13.0 Å². The lowest BCUT2D eigenvalue weighted by atomic mass is 10.1. The molecule has 0 aliphatic heterocycles. The number of carbonyl (C=O) groups excluding carboxylic acids is 1. The molecule has 2 N–H and O–H groups in total. The van der Waals surface area contributed by atoms with Crippen LogP contribution >= 0.6 is 0 Å². The third-order valence-electron chi connectivity index (χ3n) is 4.27. The Balaban J connectivity index is 1.89. The zero-order chi connectivity index (χ0) is 18.5. The van der Waals surface area contributed by atoms with E-state index in [9.17, 15) is 4.79 Å². The van der Waals surface area contributed by atoms with Gasteiger partial charge < -0.3 is 19.8 Å². The van der Waals surface area contributed by atoms with E-state index in [-0.39, 0.29) is 0 Å². The van der Waals surface area contributed by atoms with Gasteiger partial charge in [-0.3, -0.25) is 0 Å². The van der Waals surface area contributed by atoms with Gasteiger partial charge in [0.25, 0.3) is 6.26 Å². The third-order valence-corrected chi connectivity index (χ3v) is 4.27. The number of carbonyl (C=O) groups is 1. The van der Waals surface area contributed by atoms with Crippen LogP contribution in [0.2, 0.25) is 0 Å². The second kappa shape index (κ2) is 7.72. The topological polar surface area (TPSA) is 90.3 Å². The number of nitrogens with two attached hydrogens (primary N) is 1. The highest BCUT2D eigenvalue weighted by Crippen LogP contribution is 2.24.